The molecule has 1 aromatic carbocycles. The third-order valence-corrected chi connectivity index (χ3v) is 6.80. The summed E-state index contributed by atoms with van der Waals surface area (Å²) in [6.07, 6.45) is -1.44. The second-order valence-corrected chi connectivity index (χ2v) is 11.4. The van der Waals surface area contributed by atoms with E-state index in [2.05, 4.69) is 16.0 Å². The van der Waals surface area contributed by atoms with Gasteiger partial charge in [0.15, 0.2) is 0 Å². The van der Waals surface area contributed by atoms with Crippen LogP contribution in [0.15, 0.2) is 36.4 Å². The van der Waals surface area contributed by atoms with Crippen molar-refractivity contribution in [3.05, 3.63) is 57.3 Å². The van der Waals surface area contributed by atoms with E-state index in [0.29, 0.717) is 16.0 Å². The number of carbonyl (C=O) groups is 4. The molecule has 0 fully saturated rings. The second kappa shape index (κ2) is 14.3. The van der Waals surface area contributed by atoms with Crippen molar-refractivity contribution in [1.29, 1.82) is 10.8 Å². The predicted molar refractivity (Wildman–Crippen MR) is 155 cm³/mol. The van der Waals surface area contributed by atoms with Gasteiger partial charge in [0.05, 0.1) is 25.1 Å². The Hall–Kier alpha value is -4.46. The topological polar surface area (TPSA) is 223 Å². The van der Waals surface area contributed by atoms with Crippen molar-refractivity contribution in [3.63, 3.8) is 0 Å². The van der Waals surface area contributed by atoms with Crippen LogP contribution in [0.2, 0.25) is 0 Å². The van der Waals surface area contributed by atoms with Crippen LogP contribution in [0.1, 0.15) is 54.5 Å². The van der Waals surface area contributed by atoms with Crippen molar-refractivity contribution < 1.29 is 28.7 Å². The number of hydrogen-bond donors (Lipinski definition) is 7. The molecule has 0 aliphatic rings. The maximum atomic E-state index is 13.7. The molecule has 0 aliphatic carbocycles. The number of alkyl carbamates (subject to hydrolysis) is 1. The molecular weight excluding hydrogens is 550 g/mol. The Morgan fingerprint density at radius 1 is 1.00 bits per heavy atom. The van der Waals surface area contributed by atoms with Gasteiger partial charge >= 0.3 is 12.1 Å². The molecule has 0 spiro atoms. The number of hydrogen-bond acceptors (Lipinski definition) is 9. The van der Waals surface area contributed by atoms with E-state index >= 15 is 0 Å². The Bertz CT molecular complexity index is 1300. The van der Waals surface area contributed by atoms with E-state index in [1.807, 2.05) is 0 Å². The Morgan fingerprint density at radius 3 is 2.29 bits per heavy atom. The van der Waals surface area contributed by atoms with Gasteiger partial charge in [0.1, 0.15) is 22.8 Å². The van der Waals surface area contributed by atoms with E-state index in [-0.39, 0.29) is 37.5 Å². The molecule has 9 N–H and O–H groups in total. The van der Waals surface area contributed by atoms with Crippen molar-refractivity contribution in [2.75, 3.05) is 13.7 Å². The lowest BCUT2D eigenvalue weighted by molar-refractivity contribution is -0.155. The van der Waals surface area contributed by atoms with Crippen LogP contribution in [-0.2, 0) is 36.8 Å². The lowest BCUT2D eigenvalue weighted by Crippen LogP contribution is -2.61. The summed E-state index contributed by atoms with van der Waals surface area (Å²) in [6, 6.07) is 9.96. The molecule has 0 radical (unpaired) electrons. The van der Waals surface area contributed by atoms with Gasteiger partial charge < -0.3 is 36.9 Å². The van der Waals surface area contributed by atoms with Gasteiger partial charge in [-0.25, -0.2) is 4.79 Å². The molecule has 2 aromatic rings. The average molecular weight is 588 g/mol. The number of nitrogen functional groups attached to an aromatic ring is 2. The van der Waals surface area contributed by atoms with Gasteiger partial charge in [-0.2, -0.15) is 0 Å². The van der Waals surface area contributed by atoms with Gasteiger partial charge in [-0.1, -0.05) is 18.2 Å². The van der Waals surface area contributed by atoms with Gasteiger partial charge in [0.2, 0.25) is 11.8 Å². The Morgan fingerprint density at radius 2 is 1.71 bits per heavy atom. The lowest BCUT2D eigenvalue weighted by atomic mass is 9.84. The number of nitrogens with one attached hydrogen (secondary N) is 5. The number of ether oxygens (including phenoxy) is 2. The van der Waals surface area contributed by atoms with Crippen LogP contribution in [0.25, 0.3) is 0 Å². The zero-order chi connectivity index (χ0) is 30.8. The second-order valence-electron chi connectivity index (χ2n) is 10.2. The van der Waals surface area contributed by atoms with E-state index in [0.717, 1.165) is 12.0 Å². The molecule has 41 heavy (non-hydrogen) atoms. The summed E-state index contributed by atoms with van der Waals surface area (Å²) in [5, 5.41) is 23.0. The zero-order valence-corrected chi connectivity index (χ0v) is 24.3. The molecule has 0 saturated heterocycles. The molecule has 0 bridgehead atoms. The molecule has 3 amide bonds. The summed E-state index contributed by atoms with van der Waals surface area (Å²) in [6.45, 7) is 4.87. The third-order valence-electron chi connectivity index (χ3n) is 5.68. The first-order valence-electron chi connectivity index (χ1n) is 12.6. The summed E-state index contributed by atoms with van der Waals surface area (Å²) in [4.78, 5) is 52.6. The van der Waals surface area contributed by atoms with Gasteiger partial charge in [0, 0.05) is 23.3 Å². The molecule has 1 atom stereocenters. The molecule has 0 unspecified atom stereocenters. The first kappa shape index (κ1) is 32.8. The van der Waals surface area contributed by atoms with Crippen LogP contribution in [0.3, 0.4) is 0 Å². The van der Waals surface area contributed by atoms with E-state index < -0.39 is 41.6 Å². The standard InChI is InChI=1S/C27H37N7O6S/c1-26(2,3)40-21(36)10-11-27(34-25(38)39-4,13-16-6-5-7-17(12-16)22(28)29)24(37)33-15-20(35)32-14-18-8-9-19(41-18)23(30)31/h5-9,12H,10-11,13-15H2,1-4H3,(H3,28,29)(H3,30,31)(H,32,35)(H,33,37)(H,34,38)/t27-/m0/s1. The molecule has 2 rings (SSSR count). The number of amides is 3. The Labute approximate surface area is 242 Å². The van der Waals surface area contributed by atoms with E-state index in [1.54, 1.807) is 57.2 Å². The van der Waals surface area contributed by atoms with Crippen LogP contribution >= 0.6 is 11.3 Å². The first-order chi connectivity index (χ1) is 19.1. The van der Waals surface area contributed by atoms with Crippen LogP contribution in [-0.4, -0.2) is 60.3 Å². The predicted octanol–water partition coefficient (Wildman–Crippen LogP) is 1.51. The van der Waals surface area contributed by atoms with Gasteiger partial charge in [-0.15, -0.1) is 11.3 Å². The highest BCUT2D eigenvalue weighted by molar-refractivity contribution is 7.14. The van der Waals surface area contributed by atoms with Gasteiger partial charge in [0.25, 0.3) is 0 Å². The van der Waals surface area contributed by atoms with E-state index in [4.69, 9.17) is 31.8 Å². The van der Waals surface area contributed by atoms with Crippen molar-refractivity contribution >= 4 is 46.9 Å². The maximum absolute atomic E-state index is 13.7. The molecule has 14 heteroatoms. The fraction of sp³-hybridized carbons (Fsp3) is 0.407. The van der Waals surface area contributed by atoms with Crippen molar-refractivity contribution in [2.24, 2.45) is 11.5 Å². The first-order valence-corrected chi connectivity index (χ1v) is 13.4. The number of rotatable bonds is 13. The maximum Gasteiger partial charge on any atom is 0.407 e. The molecule has 1 heterocycles. The molecule has 0 saturated carbocycles. The van der Waals surface area contributed by atoms with E-state index in [9.17, 15) is 19.2 Å². The monoisotopic (exact) mass is 587 g/mol. The van der Waals surface area contributed by atoms with Crippen molar-refractivity contribution in [1.82, 2.24) is 16.0 Å². The molecule has 1 aromatic heterocycles. The fourth-order valence-corrected chi connectivity index (χ4v) is 4.60. The van der Waals surface area contributed by atoms with Crippen molar-refractivity contribution in [3.8, 4) is 0 Å². The van der Waals surface area contributed by atoms with E-state index in [1.165, 1.54) is 11.3 Å². The number of thiophene rings is 1. The number of benzene rings is 1. The number of methoxy groups -OCH3 is 1. The van der Waals surface area contributed by atoms with Crippen LogP contribution in [0.5, 0.6) is 0 Å². The summed E-state index contributed by atoms with van der Waals surface area (Å²) in [5.74, 6) is -2.08. The highest BCUT2D eigenvalue weighted by atomic mass is 32.1. The number of nitrogens with two attached hydrogens (primary N) is 2. The van der Waals surface area contributed by atoms with Crippen LogP contribution in [0, 0.1) is 10.8 Å². The molecule has 0 aliphatic heterocycles. The Balaban J connectivity index is 2.28. The molecular formula is C27H37N7O6S. The van der Waals surface area contributed by atoms with Crippen molar-refractivity contribution in [2.45, 2.75) is 57.7 Å². The number of esters is 1. The lowest BCUT2D eigenvalue weighted by Gasteiger charge is -2.33. The third kappa shape index (κ3) is 10.6. The van der Waals surface area contributed by atoms with Crippen LogP contribution in [0.4, 0.5) is 4.79 Å². The highest BCUT2D eigenvalue weighted by Gasteiger charge is 2.41. The molecule has 222 valence electrons. The minimum absolute atomic E-state index is 0.0745. The fourth-order valence-electron chi connectivity index (χ4n) is 3.79. The SMILES string of the molecule is COC(=O)N[C@@](CCC(=O)OC(C)(C)C)(Cc1cccc(C(=N)N)c1)C(=O)NCC(=O)NCc1ccc(C(=N)N)s1. The average Bonchev–Trinajstić information content (AvgIpc) is 3.38. The highest BCUT2D eigenvalue weighted by Crippen LogP contribution is 2.23. The summed E-state index contributed by atoms with van der Waals surface area (Å²) < 4.78 is 10.2. The number of amidine groups is 2. The summed E-state index contributed by atoms with van der Waals surface area (Å²) in [5.41, 5.74) is 9.55. The smallest absolute Gasteiger partial charge is 0.407 e. The minimum atomic E-state index is -1.73. The number of carbonyl (C=O) groups excluding carboxylic acids is 4. The Kier molecular flexibility index (Phi) is 11.4. The normalized spacial score (nSPS) is 12.4. The quantitative estimate of drug-likeness (QED) is 0.103. The minimum Gasteiger partial charge on any atom is -0.460 e. The molecule has 13 nitrogen and oxygen atoms in total. The summed E-state index contributed by atoms with van der Waals surface area (Å²) >= 11 is 1.26. The van der Waals surface area contributed by atoms with Gasteiger partial charge in [-0.05, 0) is 51.0 Å². The zero-order valence-electron chi connectivity index (χ0n) is 23.5. The largest absolute Gasteiger partial charge is 0.460 e. The van der Waals surface area contributed by atoms with Gasteiger partial charge in [-0.3, -0.25) is 25.2 Å². The van der Waals surface area contributed by atoms with Crippen LogP contribution < -0.4 is 27.4 Å². The summed E-state index contributed by atoms with van der Waals surface area (Å²) in [7, 11) is 1.14.